The van der Waals surface area contributed by atoms with Gasteiger partial charge in [0.2, 0.25) is 15.9 Å². The van der Waals surface area contributed by atoms with Crippen molar-refractivity contribution >= 4 is 33.2 Å². The zero-order chi connectivity index (χ0) is 23.5. The third-order valence-electron chi connectivity index (χ3n) is 4.63. The molecule has 172 valence electrons. The first-order chi connectivity index (χ1) is 15.0. The zero-order valence-corrected chi connectivity index (χ0v) is 17.7. The molecular weight excluding hydrogens is 451 g/mol. The molecule has 0 atom stereocenters. The first-order valence-corrected chi connectivity index (χ1v) is 10.9. The second kappa shape index (κ2) is 9.27. The van der Waals surface area contributed by atoms with Crippen LogP contribution in [0.1, 0.15) is 22.8 Å². The summed E-state index contributed by atoms with van der Waals surface area (Å²) in [6, 6.07) is 7.55. The number of hydrogen-bond acceptors (Lipinski definition) is 5. The van der Waals surface area contributed by atoms with Crippen LogP contribution in [0.15, 0.2) is 47.4 Å². The highest BCUT2D eigenvalue weighted by Gasteiger charge is 2.31. The molecule has 0 saturated carbocycles. The van der Waals surface area contributed by atoms with Crippen molar-refractivity contribution in [2.24, 2.45) is 0 Å². The van der Waals surface area contributed by atoms with E-state index in [0.29, 0.717) is 6.07 Å². The molecule has 8 nitrogen and oxygen atoms in total. The molecule has 0 bridgehead atoms. The summed E-state index contributed by atoms with van der Waals surface area (Å²) in [7, 11) is -3.76. The maximum absolute atomic E-state index is 13.1. The van der Waals surface area contributed by atoms with Gasteiger partial charge >= 0.3 is 6.18 Å². The Hall–Kier alpha value is -2.96. The number of nitrogens with zero attached hydrogens (tertiary/aromatic N) is 1. The minimum Gasteiger partial charge on any atom is -0.379 e. The van der Waals surface area contributed by atoms with Gasteiger partial charge in [-0.2, -0.15) is 17.5 Å². The lowest BCUT2D eigenvalue weighted by molar-refractivity contribution is -0.137. The molecule has 2 aromatic carbocycles. The standard InChI is InChI=1S/C20H20F3N3O5S/c1-13(27)24-17-7-4-15(20(21,22)23)12-18(17)25-19(28)14-2-5-16(6-3-14)32(29,30)26-8-10-31-11-9-26/h2-7,12H,8-11H2,1H3,(H,24,27)(H,25,28). The zero-order valence-electron chi connectivity index (χ0n) is 16.9. The lowest BCUT2D eigenvalue weighted by Gasteiger charge is -2.26. The summed E-state index contributed by atoms with van der Waals surface area (Å²) in [6.45, 7) is 2.18. The Morgan fingerprint density at radius 2 is 1.59 bits per heavy atom. The molecule has 0 spiro atoms. The number of ether oxygens (including phenoxy) is 1. The fourth-order valence-electron chi connectivity index (χ4n) is 3.03. The van der Waals surface area contributed by atoms with Gasteiger partial charge in [0.05, 0.1) is 35.0 Å². The number of hydrogen-bond donors (Lipinski definition) is 2. The molecular formula is C20H20F3N3O5S. The SMILES string of the molecule is CC(=O)Nc1ccc(C(F)(F)F)cc1NC(=O)c1ccc(S(=O)(=O)N2CCOCC2)cc1. The van der Waals surface area contributed by atoms with Gasteiger partial charge in [-0.25, -0.2) is 8.42 Å². The van der Waals surface area contributed by atoms with Crippen LogP contribution in [0.25, 0.3) is 0 Å². The molecule has 1 heterocycles. The van der Waals surface area contributed by atoms with Gasteiger partial charge in [0, 0.05) is 25.6 Å². The van der Waals surface area contributed by atoms with Gasteiger partial charge in [0.1, 0.15) is 0 Å². The summed E-state index contributed by atoms with van der Waals surface area (Å²) in [5.41, 5.74) is -1.23. The second-order valence-corrected chi connectivity index (χ2v) is 8.87. The van der Waals surface area contributed by atoms with Crippen molar-refractivity contribution in [3.8, 4) is 0 Å². The van der Waals surface area contributed by atoms with E-state index in [1.165, 1.54) is 35.5 Å². The van der Waals surface area contributed by atoms with E-state index in [4.69, 9.17) is 4.74 Å². The van der Waals surface area contributed by atoms with Gasteiger partial charge in [-0.05, 0) is 42.5 Å². The minimum absolute atomic E-state index is 0.00892. The Balaban J connectivity index is 1.83. The predicted molar refractivity (Wildman–Crippen MR) is 110 cm³/mol. The normalized spacial score (nSPS) is 15.2. The number of benzene rings is 2. The largest absolute Gasteiger partial charge is 0.416 e. The first kappa shape index (κ1) is 23.7. The van der Waals surface area contributed by atoms with Gasteiger partial charge in [-0.15, -0.1) is 0 Å². The Bertz CT molecular complexity index is 1110. The van der Waals surface area contributed by atoms with Crippen molar-refractivity contribution in [3.05, 3.63) is 53.6 Å². The van der Waals surface area contributed by atoms with Crippen LogP contribution >= 0.6 is 0 Å². The van der Waals surface area contributed by atoms with E-state index < -0.39 is 33.6 Å². The number of carbonyl (C=O) groups is 2. The van der Waals surface area contributed by atoms with Crippen LogP contribution in [0, 0.1) is 0 Å². The smallest absolute Gasteiger partial charge is 0.379 e. The molecule has 1 aliphatic heterocycles. The van der Waals surface area contributed by atoms with E-state index in [2.05, 4.69) is 10.6 Å². The van der Waals surface area contributed by atoms with Crippen LogP contribution < -0.4 is 10.6 Å². The average Bonchev–Trinajstić information content (AvgIpc) is 2.74. The van der Waals surface area contributed by atoms with Crippen molar-refractivity contribution in [1.82, 2.24) is 4.31 Å². The Morgan fingerprint density at radius 1 is 0.969 bits per heavy atom. The average molecular weight is 471 g/mol. The van der Waals surface area contributed by atoms with Gasteiger partial charge in [-0.3, -0.25) is 9.59 Å². The van der Waals surface area contributed by atoms with Gasteiger partial charge in [0.25, 0.3) is 5.91 Å². The molecule has 2 N–H and O–H groups in total. The van der Waals surface area contributed by atoms with Crippen LogP contribution in [0.2, 0.25) is 0 Å². The van der Waals surface area contributed by atoms with E-state index in [1.54, 1.807) is 0 Å². The molecule has 32 heavy (non-hydrogen) atoms. The molecule has 1 saturated heterocycles. The number of carbonyl (C=O) groups excluding carboxylic acids is 2. The van der Waals surface area contributed by atoms with E-state index in [-0.39, 0.29) is 48.1 Å². The first-order valence-electron chi connectivity index (χ1n) is 9.46. The van der Waals surface area contributed by atoms with E-state index >= 15 is 0 Å². The van der Waals surface area contributed by atoms with Crippen molar-refractivity contribution in [2.45, 2.75) is 18.0 Å². The number of amides is 2. The Labute approximate surface area is 182 Å². The van der Waals surface area contributed by atoms with Crippen LogP contribution in [0.4, 0.5) is 24.5 Å². The summed E-state index contributed by atoms with van der Waals surface area (Å²) in [6.07, 6.45) is -4.65. The van der Waals surface area contributed by atoms with Crippen LogP contribution in [-0.2, 0) is 25.7 Å². The summed E-state index contributed by atoms with van der Waals surface area (Å²) < 4.78 is 70.9. The van der Waals surface area contributed by atoms with Crippen LogP contribution in [0.3, 0.4) is 0 Å². The number of nitrogens with one attached hydrogen (secondary N) is 2. The lowest BCUT2D eigenvalue weighted by Crippen LogP contribution is -2.40. The molecule has 3 rings (SSSR count). The molecule has 1 aliphatic rings. The second-order valence-electron chi connectivity index (χ2n) is 6.93. The number of anilines is 2. The number of rotatable bonds is 5. The summed E-state index contributed by atoms with van der Waals surface area (Å²) >= 11 is 0. The quantitative estimate of drug-likeness (QED) is 0.698. The van der Waals surface area contributed by atoms with Crippen LogP contribution in [-0.4, -0.2) is 50.8 Å². The maximum atomic E-state index is 13.1. The molecule has 1 fully saturated rings. The van der Waals surface area contributed by atoms with Crippen molar-refractivity contribution in [2.75, 3.05) is 36.9 Å². The molecule has 0 unspecified atom stereocenters. The Morgan fingerprint density at radius 3 is 2.16 bits per heavy atom. The van der Waals surface area contributed by atoms with E-state index in [0.717, 1.165) is 12.1 Å². The number of sulfonamides is 1. The summed E-state index contributed by atoms with van der Waals surface area (Å²) in [5.74, 6) is -1.30. The van der Waals surface area contributed by atoms with Gasteiger partial charge < -0.3 is 15.4 Å². The van der Waals surface area contributed by atoms with E-state index in [9.17, 15) is 31.2 Å². The van der Waals surface area contributed by atoms with Crippen molar-refractivity contribution < 1.29 is 35.9 Å². The summed E-state index contributed by atoms with van der Waals surface area (Å²) in [5, 5.41) is 4.69. The fraction of sp³-hybridized carbons (Fsp3) is 0.300. The topological polar surface area (TPSA) is 105 Å². The van der Waals surface area contributed by atoms with E-state index in [1.807, 2.05) is 0 Å². The number of halogens is 3. The Kier molecular flexibility index (Phi) is 6.86. The molecule has 12 heteroatoms. The highest BCUT2D eigenvalue weighted by atomic mass is 32.2. The molecule has 2 aromatic rings. The monoisotopic (exact) mass is 471 g/mol. The fourth-order valence-corrected chi connectivity index (χ4v) is 4.44. The maximum Gasteiger partial charge on any atom is 0.416 e. The minimum atomic E-state index is -4.65. The third kappa shape index (κ3) is 5.44. The lowest BCUT2D eigenvalue weighted by atomic mass is 10.1. The van der Waals surface area contributed by atoms with Gasteiger partial charge in [-0.1, -0.05) is 0 Å². The van der Waals surface area contributed by atoms with Gasteiger partial charge in [0.15, 0.2) is 0 Å². The predicted octanol–water partition coefficient (Wildman–Crippen LogP) is 2.94. The summed E-state index contributed by atoms with van der Waals surface area (Å²) in [4.78, 5) is 23.9. The highest BCUT2D eigenvalue weighted by Crippen LogP contribution is 2.34. The van der Waals surface area contributed by atoms with Crippen LogP contribution in [0.5, 0.6) is 0 Å². The number of morpholine rings is 1. The third-order valence-corrected chi connectivity index (χ3v) is 6.54. The number of alkyl halides is 3. The molecule has 2 amide bonds. The van der Waals surface area contributed by atoms with Crippen molar-refractivity contribution in [1.29, 1.82) is 0 Å². The molecule has 0 aliphatic carbocycles. The van der Waals surface area contributed by atoms with Crippen molar-refractivity contribution in [3.63, 3.8) is 0 Å². The highest BCUT2D eigenvalue weighted by molar-refractivity contribution is 7.89. The molecule has 0 radical (unpaired) electrons. The molecule has 0 aromatic heterocycles.